The van der Waals surface area contributed by atoms with Crippen LogP contribution in [-0.2, 0) is 16.1 Å². The number of pyridine rings is 1. The van der Waals surface area contributed by atoms with Crippen molar-refractivity contribution in [2.45, 2.75) is 20.0 Å². The first kappa shape index (κ1) is 15.4. The van der Waals surface area contributed by atoms with E-state index in [9.17, 15) is 4.79 Å². The zero-order valence-corrected chi connectivity index (χ0v) is 11.3. The van der Waals surface area contributed by atoms with Crippen LogP contribution in [0.3, 0.4) is 0 Å². The zero-order valence-electron chi connectivity index (χ0n) is 11.3. The summed E-state index contributed by atoms with van der Waals surface area (Å²) in [6.07, 6.45) is 0.760. The Balaban J connectivity index is 2.37. The first-order chi connectivity index (χ1) is 9.17. The third-order valence-corrected chi connectivity index (χ3v) is 2.43. The third-order valence-electron chi connectivity index (χ3n) is 2.43. The smallest absolute Gasteiger partial charge is 0.257 e. The number of aromatic nitrogens is 1. The lowest BCUT2D eigenvalue weighted by molar-refractivity contribution is -0.123. The van der Waals surface area contributed by atoms with Crippen molar-refractivity contribution >= 4 is 5.91 Å². The molecule has 0 spiro atoms. The van der Waals surface area contributed by atoms with Crippen LogP contribution in [-0.4, -0.2) is 42.9 Å². The zero-order chi connectivity index (χ0) is 14.1. The Hall–Kier alpha value is -1.66. The number of carbonyl (C=O) groups is 1. The van der Waals surface area contributed by atoms with Gasteiger partial charge in [-0.05, 0) is 25.5 Å². The van der Waals surface area contributed by atoms with Crippen molar-refractivity contribution < 1.29 is 19.4 Å². The van der Waals surface area contributed by atoms with Gasteiger partial charge in [0, 0.05) is 26.0 Å². The number of carbonyl (C=O) groups excluding carboxylic acids is 1. The van der Waals surface area contributed by atoms with Crippen molar-refractivity contribution in [3.8, 4) is 5.75 Å². The van der Waals surface area contributed by atoms with Crippen LogP contribution in [0.5, 0.6) is 5.75 Å². The number of hydrogen-bond donors (Lipinski definition) is 2. The number of hydrogen-bond acceptors (Lipinski definition) is 5. The molecule has 1 aromatic rings. The van der Waals surface area contributed by atoms with Gasteiger partial charge in [-0.15, -0.1) is 0 Å². The second-order valence-corrected chi connectivity index (χ2v) is 4.04. The van der Waals surface area contributed by atoms with E-state index in [4.69, 9.17) is 14.6 Å². The Morgan fingerprint density at radius 1 is 1.47 bits per heavy atom. The highest BCUT2D eigenvalue weighted by molar-refractivity contribution is 5.77. The number of nitrogens with one attached hydrogen (secondary N) is 1. The van der Waals surface area contributed by atoms with Gasteiger partial charge < -0.3 is 19.9 Å². The monoisotopic (exact) mass is 268 g/mol. The highest BCUT2D eigenvalue weighted by atomic mass is 16.5. The van der Waals surface area contributed by atoms with Crippen LogP contribution >= 0.6 is 0 Å². The highest BCUT2D eigenvalue weighted by Gasteiger charge is 2.07. The molecule has 0 unspecified atom stereocenters. The second kappa shape index (κ2) is 8.44. The topological polar surface area (TPSA) is 80.7 Å². The second-order valence-electron chi connectivity index (χ2n) is 4.04. The lowest BCUT2D eigenvalue weighted by atomic mass is 10.3. The van der Waals surface area contributed by atoms with E-state index >= 15 is 0 Å². The summed E-state index contributed by atoms with van der Waals surface area (Å²) in [6, 6.07) is 3.47. The van der Waals surface area contributed by atoms with Gasteiger partial charge in [-0.2, -0.15) is 0 Å². The number of amides is 1. The maximum Gasteiger partial charge on any atom is 0.257 e. The van der Waals surface area contributed by atoms with Crippen LogP contribution in [0, 0.1) is 6.92 Å². The minimum Gasteiger partial charge on any atom is -0.482 e. The molecular formula is C13H20N2O4. The maximum atomic E-state index is 11.5. The molecule has 0 aliphatic rings. The number of aliphatic hydroxyl groups excluding tert-OH is 1. The molecule has 0 fully saturated rings. The van der Waals surface area contributed by atoms with Gasteiger partial charge in [0.05, 0.1) is 6.61 Å². The molecule has 2 N–H and O–H groups in total. The fraction of sp³-hybridized carbons (Fsp3) is 0.538. The van der Waals surface area contributed by atoms with E-state index in [1.54, 1.807) is 19.2 Å². The molecule has 0 aromatic carbocycles. The van der Waals surface area contributed by atoms with E-state index in [1.165, 1.54) is 0 Å². The fourth-order valence-electron chi connectivity index (χ4n) is 1.48. The summed E-state index contributed by atoms with van der Waals surface area (Å²) in [6.45, 7) is 2.68. The predicted molar refractivity (Wildman–Crippen MR) is 69.9 cm³/mol. The largest absolute Gasteiger partial charge is 0.482 e. The molecule has 1 heterocycles. The van der Waals surface area contributed by atoms with E-state index in [2.05, 4.69) is 10.3 Å². The number of ether oxygens (including phenoxy) is 2. The molecule has 0 aliphatic carbocycles. The van der Waals surface area contributed by atoms with Crippen LogP contribution in [0.4, 0.5) is 0 Å². The van der Waals surface area contributed by atoms with Gasteiger partial charge in [-0.1, -0.05) is 0 Å². The number of aliphatic hydroxyl groups is 1. The van der Waals surface area contributed by atoms with Gasteiger partial charge >= 0.3 is 0 Å². The Morgan fingerprint density at radius 3 is 2.95 bits per heavy atom. The van der Waals surface area contributed by atoms with Crippen LogP contribution in [0.15, 0.2) is 12.1 Å². The minimum atomic E-state index is -0.216. The molecule has 6 nitrogen and oxygen atoms in total. The molecule has 0 radical (unpaired) electrons. The van der Waals surface area contributed by atoms with E-state index in [-0.39, 0.29) is 19.1 Å². The van der Waals surface area contributed by atoms with Gasteiger partial charge in [-0.25, -0.2) is 0 Å². The Labute approximate surface area is 112 Å². The molecule has 0 atom stereocenters. The van der Waals surface area contributed by atoms with Gasteiger partial charge in [0.15, 0.2) is 6.61 Å². The fourth-order valence-corrected chi connectivity index (χ4v) is 1.48. The molecule has 1 aromatic heterocycles. The Morgan fingerprint density at radius 2 is 2.26 bits per heavy atom. The minimum absolute atomic E-state index is 0.0925. The van der Waals surface area contributed by atoms with E-state index in [1.807, 2.05) is 6.92 Å². The number of nitrogens with zero attached hydrogens (tertiary/aromatic N) is 1. The predicted octanol–water partition coefficient (Wildman–Crippen LogP) is 0.414. The van der Waals surface area contributed by atoms with E-state index in [0.717, 1.165) is 12.1 Å². The van der Waals surface area contributed by atoms with Crippen molar-refractivity contribution in [2.24, 2.45) is 0 Å². The molecule has 0 aliphatic heterocycles. The molecule has 0 bridgehead atoms. The molecule has 1 rings (SSSR count). The van der Waals surface area contributed by atoms with Gasteiger partial charge in [0.1, 0.15) is 11.4 Å². The van der Waals surface area contributed by atoms with Crippen molar-refractivity contribution in [1.82, 2.24) is 10.3 Å². The van der Waals surface area contributed by atoms with Crippen molar-refractivity contribution in [1.29, 1.82) is 0 Å². The molecular weight excluding hydrogens is 248 g/mol. The van der Waals surface area contributed by atoms with Crippen LogP contribution < -0.4 is 10.1 Å². The molecule has 19 heavy (non-hydrogen) atoms. The SMILES string of the molecule is COCCCNC(=O)COc1ccc(C)nc1CO. The average Bonchev–Trinajstić information content (AvgIpc) is 2.42. The standard InChI is InChI=1S/C13H20N2O4/c1-10-4-5-12(11(8-16)15-10)19-9-13(17)14-6-3-7-18-2/h4-5,16H,3,6-9H2,1-2H3,(H,14,17). The lowest BCUT2D eigenvalue weighted by Crippen LogP contribution is -2.30. The normalized spacial score (nSPS) is 10.3. The van der Waals surface area contributed by atoms with E-state index in [0.29, 0.717) is 24.6 Å². The van der Waals surface area contributed by atoms with E-state index < -0.39 is 0 Å². The average molecular weight is 268 g/mol. The van der Waals surface area contributed by atoms with Gasteiger partial charge in [-0.3, -0.25) is 9.78 Å². The molecule has 0 saturated heterocycles. The quantitative estimate of drug-likeness (QED) is 0.668. The summed E-state index contributed by atoms with van der Waals surface area (Å²) < 4.78 is 10.2. The summed E-state index contributed by atoms with van der Waals surface area (Å²) >= 11 is 0. The first-order valence-corrected chi connectivity index (χ1v) is 6.13. The first-order valence-electron chi connectivity index (χ1n) is 6.13. The van der Waals surface area contributed by atoms with Crippen molar-refractivity contribution in [3.05, 3.63) is 23.5 Å². The molecule has 0 saturated carbocycles. The highest BCUT2D eigenvalue weighted by Crippen LogP contribution is 2.16. The molecule has 106 valence electrons. The summed E-state index contributed by atoms with van der Waals surface area (Å²) in [4.78, 5) is 15.6. The Kier molecular flexibility index (Phi) is 6.84. The Bertz CT molecular complexity index is 410. The van der Waals surface area contributed by atoms with Crippen molar-refractivity contribution in [2.75, 3.05) is 26.9 Å². The lowest BCUT2D eigenvalue weighted by Gasteiger charge is -2.10. The third kappa shape index (κ3) is 5.67. The summed E-state index contributed by atoms with van der Waals surface area (Å²) in [7, 11) is 1.62. The van der Waals surface area contributed by atoms with Gasteiger partial charge in [0.25, 0.3) is 5.91 Å². The number of methoxy groups -OCH3 is 1. The van der Waals surface area contributed by atoms with Crippen LogP contribution in [0.1, 0.15) is 17.8 Å². The summed E-state index contributed by atoms with van der Waals surface area (Å²) in [5, 5.41) is 11.9. The van der Waals surface area contributed by atoms with Crippen LogP contribution in [0.2, 0.25) is 0 Å². The van der Waals surface area contributed by atoms with Crippen LogP contribution in [0.25, 0.3) is 0 Å². The van der Waals surface area contributed by atoms with Gasteiger partial charge in [0.2, 0.25) is 0 Å². The molecule has 6 heteroatoms. The number of rotatable bonds is 8. The molecule has 1 amide bonds. The maximum absolute atomic E-state index is 11.5. The summed E-state index contributed by atoms with van der Waals surface area (Å²) in [5.41, 5.74) is 1.23. The number of aryl methyl sites for hydroxylation is 1. The van der Waals surface area contributed by atoms with Crippen molar-refractivity contribution in [3.63, 3.8) is 0 Å². The summed E-state index contributed by atoms with van der Waals surface area (Å²) in [5.74, 6) is 0.223.